The summed E-state index contributed by atoms with van der Waals surface area (Å²) in [5, 5.41) is 2.64. The largest absolute Gasteiger partial charge is 0.310 e. The van der Waals surface area contributed by atoms with E-state index in [2.05, 4.69) is 254 Å². The molecule has 0 unspecified atom stereocenters. The molecule has 0 bridgehead atoms. The zero-order valence-electron chi connectivity index (χ0n) is 38.8. The first-order valence-electron chi connectivity index (χ1n) is 24.7. The normalized spacial score (nSPS) is 14.5. The van der Waals surface area contributed by atoms with E-state index in [1.807, 2.05) is 34.9 Å². The number of benzene rings is 11. The van der Waals surface area contributed by atoms with Gasteiger partial charge in [0.05, 0.1) is 10.8 Å². The molecule has 0 atom stereocenters. The van der Waals surface area contributed by atoms with Gasteiger partial charge in [-0.05, 0) is 151 Å². The van der Waals surface area contributed by atoms with Crippen LogP contribution >= 0.6 is 34.9 Å². The maximum absolute atomic E-state index is 2.53. The lowest BCUT2D eigenvalue weighted by Crippen LogP contribution is -2.32. The standard InChI is InChI=1S/C68H41NS3/c1-6-22-52-47(16-1)48-17-2-7-23-53(48)67(52)56-26-10-13-29-61(56)71-63-38-36-44(40-58(63)67)69(43-34-32-42(33-35-43)46-21-15-31-65-66(46)51-20-5-12-28-60(51)70-65)45-37-39-64-59(41-45)68(57-27-11-14-30-62(57)72-64)54-24-8-3-18-49(54)50-19-4-9-25-55(50)68/h1-41H. The summed E-state index contributed by atoms with van der Waals surface area (Å²) in [6, 6.07) is 94.3. The molecule has 2 spiro atoms. The molecule has 12 aromatic rings. The third kappa shape index (κ3) is 5.41. The molecule has 0 saturated heterocycles. The summed E-state index contributed by atoms with van der Waals surface area (Å²) in [6.45, 7) is 0. The van der Waals surface area contributed by atoms with Gasteiger partial charge in [0.15, 0.2) is 0 Å². The van der Waals surface area contributed by atoms with Gasteiger partial charge in [-0.25, -0.2) is 0 Å². The molecule has 2 aliphatic heterocycles. The van der Waals surface area contributed by atoms with Crippen LogP contribution in [-0.4, -0.2) is 0 Å². The molecule has 4 aliphatic rings. The summed E-state index contributed by atoms with van der Waals surface area (Å²) >= 11 is 5.67. The van der Waals surface area contributed by atoms with Gasteiger partial charge in [-0.2, -0.15) is 0 Å². The van der Waals surface area contributed by atoms with E-state index >= 15 is 0 Å². The molecule has 3 heterocycles. The summed E-state index contributed by atoms with van der Waals surface area (Å²) in [5.41, 5.74) is 20.7. The maximum Gasteiger partial charge on any atom is 0.0736 e. The zero-order chi connectivity index (χ0) is 47.1. The van der Waals surface area contributed by atoms with Gasteiger partial charge < -0.3 is 4.90 Å². The monoisotopic (exact) mass is 967 g/mol. The molecule has 0 radical (unpaired) electrons. The Morgan fingerprint density at radius 3 is 1.18 bits per heavy atom. The molecule has 336 valence electrons. The van der Waals surface area contributed by atoms with Crippen LogP contribution in [0.2, 0.25) is 0 Å². The fourth-order valence-electron chi connectivity index (χ4n) is 13.2. The first-order valence-corrected chi connectivity index (χ1v) is 27.2. The summed E-state index contributed by atoms with van der Waals surface area (Å²) in [5.74, 6) is 0. The van der Waals surface area contributed by atoms with Crippen molar-refractivity contribution in [1.82, 2.24) is 0 Å². The first kappa shape index (κ1) is 40.8. The minimum atomic E-state index is -0.505. The van der Waals surface area contributed by atoms with Crippen LogP contribution in [0.5, 0.6) is 0 Å². The summed E-state index contributed by atoms with van der Waals surface area (Å²) in [7, 11) is 0. The van der Waals surface area contributed by atoms with E-state index in [0.29, 0.717) is 0 Å². The van der Waals surface area contributed by atoms with Crippen molar-refractivity contribution >= 4 is 72.1 Å². The average molecular weight is 968 g/mol. The molecule has 2 aliphatic carbocycles. The highest BCUT2D eigenvalue weighted by atomic mass is 32.2. The van der Waals surface area contributed by atoms with Crippen LogP contribution in [0.4, 0.5) is 17.1 Å². The summed E-state index contributed by atoms with van der Waals surface area (Å²) in [6.07, 6.45) is 0. The van der Waals surface area contributed by atoms with E-state index in [4.69, 9.17) is 0 Å². The zero-order valence-corrected chi connectivity index (χ0v) is 41.3. The fourth-order valence-corrected chi connectivity index (χ4v) is 16.7. The molecule has 0 fully saturated rings. The summed E-state index contributed by atoms with van der Waals surface area (Å²) in [4.78, 5) is 7.71. The molecule has 0 amide bonds. The van der Waals surface area contributed by atoms with Crippen molar-refractivity contribution in [2.24, 2.45) is 0 Å². The Morgan fingerprint density at radius 1 is 0.278 bits per heavy atom. The minimum absolute atomic E-state index is 0.505. The van der Waals surface area contributed by atoms with Crippen LogP contribution in [0.25, 0.3) is 53.6 Å². The second-order valence-corrected chi connectivity index (χ2v) is 22.7. The number of fused-ring (bicyclic) bond motifs is 21. The Labute approximate surface area is 431 Å². The molecular formula is C68H41NS3. The average Bonchev–Trinajstić information content (AvgIpc) is 4.08. The lowest BCUT2D eigenvalue weighted by molar-refractivity contribution is 0.721. The van der Waals surface area contributed by atoms with Gasteiger partial charge >= 0.3 is 0 Å². The predicted octanol–water partition coefficient (Wildman–Crippen LogP) is 18.8. The molecular weight excluding hydrogens is 927 g/mol. The third-order valence-corrected chi connectivity index (χ3v) is 19.5. The molecule has 11 aromatic carbocycles. The van der Waals surface area contributed by atoms with Crippen molar-refractivity contribution < 1.29 is 0 Å². The Kier molecular flexibility index (Phi) is 8.69. The number of hydrogen-bond donors (Lipinski definition) is 0. The highest BCUT2D eigenvalue weighted by Crippen LogP contribution is 2.65. The van der Waals surface area contributed by atoms with Gasteiger partial charge in [-0.3, -0.25) is 0 Å². The van der Waals surface area contributed by atoms with Gasteiger partial charge in [0.1, 0.15) is 0 Å². The third-order valence-electron chi connectivity index (χ3n) is 16.0. The van der Waals surface area contributed by atoms with Crippen molar-refractivity contribution in [2.45, 2.75) is 30.4 Å². The topological polar surface area (TPSA) is 3.24 Å². The van der Waals surface area contributed by atoms with Crippen LogP contribution < -0.4 is 4.90 Å². The van der Waals surface area contributed by atoms with Crippen molar-refractivity contribution in [2.75, 3.05) is 4.90 Å². The van der Waals surface area contributed by atoms with E-state index in [1.165, 1.54) is 118 Å². The quantitative estimate of drug-likeness (QED) is 0.173. The van der Waals surface area contributed by atoms with E-state index < -0.39 is 10.8 Å². The van der Waals surface area contributed by atoms with E-state index in [9.17, 15) is 0 Å². The number of hydrogen-bond acceptors (Lipinski definition) is 4. The van der Waals surface area contributed by atoms with E-state index in [-0.39, 0.29) is 0 Å². The highest BCUT2D eigenvalue weighted by Gasteiger charge is 2.52. The Balaban J connectivity index is 0.952. The number of anilines is 3. The maximum atomic E-state index is 2.53. The van der Waals surface area contributed by atoms with Gasteiger partial charge in [0.2, 0.25) is 0 Å². The van der Waals surface area contributed by atoms with Crippen LogP contribution in [0.1, 0.15) is 44.5 Å². The molecule has 1 nitrogen and oxygen atoms in total. The predicted molar refractivity (Wildman–Crippen MR) is 302 cm³/mol. The molecule has 0 N–H and O–H groups in total. The molecule has 4 heteroatoms. The molecule has 1 aromatic heterocycles. The number of nitrogens with zero attached hydrogens (tertiary/aromatic N) is 1. The molecule has 0 saturated carbocycles. The van der Waals surface area contributed by atoms with Crippen molar-refractivity contribution in [3.05, 3.63) is 293 Å². The minimum Gasteiger partial charge on any atom is -0.310 e. The van der Waals surface area contributed by atoms with E-state index in [1.54, 1.807) is 0 Å². The smallest absolute Gasteiger partial charge is 0.0736 e. The van der Waals surface area contributed by atoms with Crippen LogP contribution in [0.15, 0.2) is 268 Å². The second-order valence-electron chi connectivity index (χ2n) is 19.4. The lowest BCUT2D eigenvalue weighted by Gasteiger charge is -2.41. The van der Waals surface area contributed by atoms with Crippen LogP contribution in [0, 0.1) is 0 Å². The van der Waals surface area contributed by atoms with Gasteiger partial charge in [-0.15, -0.1) is 11.3 Å². The Bertz CT molecular complexity index is 3970. The Morgan fingerprint density at radius 2 is 0.667 bits per heavy atom. The first-order chi connectivity index (χ1) is 35.7. The van der Waals surface area contributed by atoms with Crippen LogP contribution in [-0.2, 0) is 10.8 Å². The molecule has 16 rings (SSSR count). The SMILES string of the molecule is c1ccc2c(c1)Sc1ccc(N(c3ccc(-c4cccc5sc6ccccc6c45)cc3)c3ccc4c(c3)C3(c5ccccc5S4)c4ccccc4-c4ccccc43)cc1C21c2ccccc2-c2ccccc21. The summed E-state index contributed by atoms with van der Waals surface area (Å²) < 4.78 is 2.63. The van der Waals surface area contributed by atoms with Gasteiger partial charge in [-0.1, -0.05) is 199 Å². The lowest BCUT2D eigenvalue weighted by atomic mass is 9.67. The van der Waals surface area contributed by atoms with Crippen molar-refractivity contribution in [3.63, 3.8) is 0 Å². The van der Waals surface area contributed by atoms with E-state index in [0.717, 1.165) is 17.1 Å². The second kappa shape index (κ2) is 15.3. The molecule has 72 heavy (non-hydrogen) atoms. The number of thiophene rings is 1. The number of rotatable bonds is 4. The van der Waals surface area contributed by atoms with Gasteiger partial charge in [0, 0.05) is 56.8 Å². The van der Waals surface area contributed by atoms with Crippen LogP contribution in [0.3, 0.4) is 0 Å². The Hall–Kier alpha value is -7.86. The van der Waals surface area contributed by atoms with Crippen molar-refractivity contribution in [3.8, 4) is 33.4 Å². The fraction of sp³-hybridized carbons (Fsp3) is 0.0294. The van der Waals surface area contributed by atoms with Crippen molar-refractivity contribution in [1.29, 1.82) is 0 Å². The van der Waals surface area contributed by atoms with Gasteiger partial charge in [0.25, 0.3) is 0 Å². The highest BCUT2D eigenvalue weighted by molar-refractivity contribution is 7.99.